The average molecular weight is 241 g/mol. The fourth-order valence-electron chi connectivity index (χ4n) is 1.51. The van der Waals surface area contributed by atoms with Gasteiger partial charge < -0.3 is 10.4 Å². The van der Waals surface area contributed by atoms with Crippen LogP contribution in [0, 0.1) is 0 Å². The Bertz CT molecular complexity index is 432. The maximum atomic E-state index is 11.3. The molecule has 2 rings (SSSR count). The van der Waals surface area contributed by atoms with Crippen molar-refractivity contribution in [2.75, 3.05) is 0 Å². The van der Waals surface area contributed by atoms with Gasteiger partial charge in [0.15, 0.2) is 0 Å². The van der Waals surface area contributed by atoms with Crippen molar-refractivity contribution < 1.29 is 14.7 Å². The highest BCUT2D eigenvalue weighted by Gasteiger charge is 2.35. The Kier molecular flexibility index (Phi) is 2.80. The van der Waals surface area contributed by atoms with Crippen molar-refractivity contribution in [2.24, 2.45) is 0 Å². The van der Waals surface area contributed by atoms with Crippen LogP contribution in [0.25, 0.3) is 0 Å². The predicted octanol–water partition coefficient (Wildman–Crippen LogP) is 0.581. The summed E-state index contributed by atoms with van der Waals surface area (Å²) in [6.45, 7) is 0. The van der Waals surface area contributed by atoms with E-state index in [1.807, 2.05) is 0 Å². The zero-order valence-corrected chi connectivity index (χ0v) is 8.86. The highest BCUT2D eigenvalue weighted by atomic mass is 35.5. The summed E-state index contributed by atoms with van der Waals surface area (Å²) >= 11 is 5.70. The van der Waals surface area contributed by atoms with Gasteiger partial charge in [0.1, 0.15) is 12.1 Å². The van der Waals surface area contributed by atoms with Gasteiger partial charge in [0.05, 0.1) is 0 Å². The molecule has 0 spiro atoms. The third-order valence-corrected chi connectivity index (χ3v) is 2.59. The minimum Gasteiger partial charge on any atom is -0.386 e. The molecule has 1 saturated heterocycles. The second kappa shape index (κ2) is 4.11. The quantitative estimate of drug-likeness (QED) is 0.662. The molecule has 0 bridgehead atoms. The summed E-state index contributed by atoms with van der Waals surface area (Å²) < 4.78 is 0. The molecule has 0 radical (unpaired) electrons. The first-order chi connectivity index (χ1) is 7.58. The van der Waals surface area contributed by atoms with E-state index in [9.17, 15) is 14.7 Å². The highest BCUT2D eigenvalue weighted by molar-refractivity contribution is 6.30. The largest absolute Gasteiger partial charge is 0.386 e. The number of aliphatic hydroxyl groups is 1. The molecule has 84 valence electrons. The SMILES string of the molecule is O=C1NC(=O)C(C(O)c2ccc(Cl)cc2)N1. The van der Waals surface area contributed by atoms with Crippen molar-refractivity contribution >= 4 is 23.5 Å². The lowest BCUT2D eigenvalue weighted by Gasteiger charge is -2.15. The van der Waals surface area contributed by atoms with E-state index in [1.54, 1.807) is 24.3 Å². The minimum absolute atomic E-state index is 0.520. The van der Waals surface area contributed by atoms with Crippen LogP contribution in [0.4, 0.5) is 4.79 Å². The number of hydrogen-bond acceptors (Lipinski definition) is 3. The molecule has 0 aromatic heterocycles. The summed E-state index contributed by atoms with van der Waals surface area (Å²) in [5.41, 5.74) is 0.520. The number of rotatable bonds is 2. The Hall–Kier alpha value is -1.59. The van der Waals surface area contributed by atoms with Crippen molar-refractivity contribution in [2.45, 2.75) is 12.1 Å². The number of urea groups is 1. The van der Waals surface area contributed by atoms with E-state index >= 15 is 0 Å². The molecule has 3 amide bonds. The van der Waals surface area contributed by atoms with E-state index in [0.717, 1.165) is 0 Å². The summed E-state index contributed by atoms with van der Waals surface area (Å²) in [7, 11) is 0. The molecule has 6 heteroatoms. The van der Waals surface area contributed by atoms with Crippen molar-refractivity contribution in [1.82, 2.24) is 10.6 Å². The Morgan fingerprint density at radius 2 is 1.88 bits per heavy atom. The smallest absolute Gasteiger partial charge is 0.322 e. The highest BCUT2D eigenvalue weighted by Crippen LogP contribution is 2.20. The summed E-state index contributed by atoms with van der Waals surface area (Å²) in [5.74, 6) is -0.535. The second-order valence-corrected chi connectivity index (χ2v) is 3.87. The lowest BCUT2D eigenvalue weighted by Crippen LogP contribution is -2.35. The van der Waals surface area contributed by atoms with Crippen molar-refractivity contribution in [3.05, 3.63) is 34.9 Å². The first kappa shape index (κ1) is 10.9. The Balaban J connectivity index is 2.19. The second-order valence-electron chi connectivity index (χ2n) is 3.44. The molecule has 2 atom stereocenters. The van der Waals surface area contributed by atoms with Crippen LogP contribution in [0.5, 0.6) is 0 Å². The molecule has 1 aliphatic rings. The van der Waals surface area contributed by atoms with Gasteiger partial charge in [-0.1, -0.05) is 23.7 Å². The van der Waals surface area contributed by atoms with Crippen LogP contribution in [0.15, 0.2) is 24.3 Å². The maximum absolute atomic E-state index is 11.3. The van der Waals surface area contributed by atoms with Gasteiger partial charge in [-0.15, -0.1) is 0 Å². The molecular formula is C10H9ClN2O3. The molecular weight excluding hydrogens is 232 g/mol. The topological polar surface area (TPSA) is 78.4 Å². The van der Waals surface area contributed by atoms with Gasteiger partial charge in [0.2, 0.25) is 0 Å². The Labute approximate surface area is 96.4 Å². The summed E-state index contributed by atoms with van der Waals surface area (Å²) in [5, 5.41) is 14.8. The van der Waals surface area contributed by atoms with Crippen LogP contribution in [0.3, 0.4) is 0 Å². The van der Waals surface area contributed by atoms with Gasteiger partial charge in [0, 0.05) is 5.02 Å². The third-order valence-electron chi connectivity index (χ3n) is 2.33. The molecule has 1 aliphatic heterocycles. The predicted molar refractivity (Wildman–Crippen MR) is 56.9 cm³/mol. The fraction of sp³-hybridized carbons (Fsp3) is 0.200. The number of carbonyl (C=O) groups excluding carboxylic acids is 2. The Morgan fingerprint density at radius 3 is 2.38 bits per heavy atom. The number of aliphatic hydroxyl groups excluding tert-OH is 1. The van der Waals surface area contributed by atoms with E-state index < -0.39 is 24.1 Å². The van der Waals surface area contributed by atoms with Gasteiger partial charge >= 0.3 is 6.03 Å². The van der Waals surface area contributed by atoms with E-state index in [1.165, 1.54) is 0 Å². The van der Waals surface area contributed by atoms with E-state index in [0.29, 0.717) is 10.6 Å². The van der Waals surface area contributed by atoms with Crippen molar-refractivity contribution in [3.63, 3.8) is 0 Å². The normalized spacial score (nSPS) is 21.5. The number of nitrogens with one attached hydrogen (secondary N) is 2. The molecule has 2 unspecified atom stereocenters. The molecule has 1 aromatic carbocycles. The van der Waals surface area contributed by atoms with Gasteiger partial charge in [-0.2, -0.15) is 0 Å². The first-order valence-corrected chi connectivity index (χ1v) is 5.00. The van der Waals surface area contributed by atoms with Crippen LogP contribution in [-0.2, 0) is 4.79 Å². The monoisotopic (exact) mass is 240 g/mol. The van der Waals surface area contributed by atoms with Gasteiger partial charge in [-0.3, -0.25) is 10.1 Å². The zero-order valence-electron chi connectivity index (χ0n) is 8.11. The molecule has 5 nitrogen and oxygen atoms in total. The van der Waals surface area contributed by atoms with E-state index in [4.69, 9.17) is 11.6 Å². The molecule has 16 heavy (non-hydrogen) atoms. The number of benzene rings is 1. The molecule has 1 aromatic rings. The molecule has 1 fully saturated rings. The van der Waals surface area contributed by atoms with E-state index in [2.05, 4.69) is 10.6 Å². The number of imide groups is 1. The molecule has 0 saturated carbocycles. The van der Waals surface area contributed by atoms with Crippen LogP contribution in [0.2, 0.25) is 5.02 Å². The minimum atomic E-state index is -1.08. The first-order valence-electron chi connectivity index (χ1n) is 4.63. The van der Waals surface area contributed by atoms with Gasteiger partial charge in [-0.25, -0.2) is 4.79 Å². The molecule has 0 aliphatic carbocycles. The van der Waals surface area contributed by atoms with E-state index in [-0.39, 0.29) is 0 Å². The van der Waals surface area contributed by atoms with Crippen LogP contribution in [-0.4, -0.2) is 23.1 Å². The van der Waals surface area contributed by atoms with Gasteiger partial charge in [0.25, 0.3) is 5.91 Å². The fourth-order valence-corrected chi connectivity index (χ4v) is 1.63. The van der Waals surface area contributed by atoms with Crippen LogP contribution in [0.1, 0.15) is 11.7 Å². The number of hydrogen-bond donors (Lipinski definition) is 3. The zero-order chi connectivity index (χ0) is 11.7. The number of halogens is 1. The third kappa shape index (κ3) is 2.00. The summed E-state index contributed by atoms with van der Waals surface area (Å²) in [4.78, 5) is 22.2. The van der Waals surface area contributed by atoms with Crippen molar-refractivity contribution in [3.8, 4) is 0 Å². The van der Waals surface area contributed by atoms with Crippen molar-refractivity contribution in [1.29, 1.82) is 0 Å². The lowest BCUT2D eigenvalue weighted by molar-refractivity contribution is -0.122. The number of amides is 3. The molecule has 1 heterocycles. The maximum Gasteiger partial charge on any atom is 0.322 e. The van der Waals surface area contributed by atoms with Crippen LogP contribution >= 0.6 is 11.6 Å². The number of carbonyl (C=O) groups is 2. The average Bonchev–Trinajstić information content (AvgIpc) is 2.58. The summed E-state index contributed by atoms with van der Waals surface area (Å²) in [6.07, 6.45) is -1.08. The lowest BCUT2D eigenvalue weighted by atomic mass is 10.0. The van der Waals surface area contributed by atoms with Crippen LogP contribution < -0.4 is 10.6 Å². The standard InChI is InChI=1S/C10H9ClN2O3/c11-6-3-1-5(2-4-6)8(14)7-9(15)13-10(16)12-7/h1-4,7-8,14H,(H2,12,13,15,16). The Morgan fingerprint density at radius 1 is 1.25 bits per heavy atom. The molecule has 3 N–H and O–H groups in total. The van der Waals surface area contributed by atoms with Gasteiger partial charge in [-0.05, 0) is 17.7 Å². The summed E-state index contributed by atoms with van der Waals surface area (Å²) in [6, 6.07) is 4.87.